The molecule has 26 heavy (non-hydrogen) atoms. The molecule has 4 amide bonds. The van der Waals surface area contributed by atoms with Crippen LogP contribution in [0.3, 0.4) is 0 Å². The van der Waals surface area contributed by atoms with Gasteiger partial charge in [-0.1, -0.05) is 24.3 Å². The molecule has 0 aliphatic heterocycles. The van der Waals surface area contributed by atoms with Crippen LogP contribution in [0.5, 0.6) is 0 Å². The number of hydrogen-bond acceptors (Lipinski definition) is 4. The van der Waals surface area contributed by atoms with Crippen LogP contribution in [0, 0.1) is 11.6 Å². The van der Waals surface area contributed by atoms with Crippen molar-refractivity contribution in [2.45, 2.75) is 0 Å². The predicted octanol–water partition coefficient (Wildman–Crippen LogP) is 4.80. The summed E-state index contributed by atoms with van der Waals surface area (Å²) < 4.78 is 29.5. The fourth-order valence-electron chi connectivity index (χ4n) is 1.68. The van der Waals surface area contributed by atoms with Crippen molar-refractivity contribution in [1.29, 1.82) is 0 Å². The predicted molar refractivity (Wildman–Crippen MR) is 102 cm³/mol. The molecule has 0 aromatic heterocycles. The summed E-state index contributed by atoms with van der Waals surface area (Å²) in [5.74, 6) is -1.10. The van der Waals surface area contributed by atoms with E-state index in [0.29, 0.717) is 0 Å². The number of benzene rings is 2. The van der Waals surface area contributed by atoms with E-state index in [1.807, 2.05) is 0 Å². The Morgan fingerprint density at radius 1 is 0.769 bits per heavy atom. The lowest BCUT2D eigenvalue weighted by molar-refractivity contribution is 0.241. The minimum absolute atomic E-state index is 0.0561. The number of amides is 4. The number of nitrogens with one attached hydrogen (secondary N) is 2. The molecule has 0 bridgehead atoms. The molecule has 0 unspecified atom stereocenters. The second-order valence-corrected chi connectivity index (χ2v) is 7.25. The van der Waals surface area contributed by atoms with Gasteiger partial charge in [-0.2, -0.15) is 0 Å². The molecule has 2 rings (SSSR count). The Labute approximate surface area is 157 Å². The number of para-hydroxylation sites is 2. The maximum Gasteiger partial charge on any atom is 0.332 e. The van der Waals surface area contributed by atoms with Gasteiger partial charge in [-0.25, -0.2) is 18.4 Å². The fraction of sp³-hybridized carbons (Fsp3) is 0.125. The van der Waals surface area contributed by atoms with Crippen molar-refractivity contribution in [1.82, 2.24) is 8.61 Å². The summed E-state index contributed by atoms with van der Waals surface area (Å²) in [6, 6.07) is 10.5. The second kappa shape index (κ2) is 9.30. The van der Waals surface area contributed by atoms with E-state index in [-0.39, 0.29) is 11.4 Å². The Balaban J connectivity index is 1.83. The topological polar surface area (TPSA) is 64.7 Å². The quantitative estimate of drug-likeness (QED) is 0.561. The number of urea groups is 2. The maximum absolute atomic E-state index is 13.5. The second-order valence-electron chi connectivity index (χ2n) is 4.96. The van der Waals surface area contributed by atoms with Gasteiger partial charge >= 0.3 is 12.1 Å². The molecule has 0 spiro atoms. The Morgan fingerprint density at radius 3 is 1.46 bits per heavy atom. The van der Waals surface area contributed by atoms with Crippen molar-refractivity contribution < 1.29 is 18.4 Å². The van der Waals surface area contributed by atoms with Gasteiger partial charge in [-0.15, -0.1) is 0 Å². The van der Waals surface area contributed by atoms with Gasteiger partial charge in [-0.05, 0) is 24.3 Å². The van der Waals surface area contributed by atoms with Crippen molar-refractivity contribution in [3.05, 3.63) is 60.2 Å². The van der Waals surface area contributed by atoms with Gasteiger partial charge in [0, 0.05) is 36.1 Å². The molecule has 2 aromatic rings. The highest BCUT2D eigenvalue weighted by atomic mass is 33.1. The van der Waals surface area contributed by atoms with Crippen LogP contribution in [0.25, 0.3) is 0 Å². The number of halogens is 2. The summed E-state index contributed by atoms with van der Waals surface area (Å²) in [5, 5.41) is 4.84. The summed E-state index contributed by atoms with van der Waals surface area (Å²) in [7, 11) is 4.83. The van der Waals surface area contributed by atoms with Gasteiger partial charge in [0.15, 0.2) is 0 Å². The third-order valence-corrected chi connectivity index (χ3v) is 5.45. The van der Waals surface area contributed by atoms with Crippen molar-refractivity contribution in [2.24, 2.45) is 0 Å². The molecule has 0 radical (unpaired) electrons. The molecule has 0 heterocycles. The van der Waals surface area contributed by atoms with Crippen molar-refractivity contribution in [3.63, 3.8) is 0 Å². The molecule has 0 atom stereocenters. The lowest BCUT2D eigenvalue weighted by Gasteiger charge is -2.20. The molecule has 0 aliphatic rings. The molecule has 2 aromatic carbocycles. The van der Waals surface area contributed by atoms with E-state index in [2.05, 4.69) is 10.6 Å². The highest BCUT2D eigenvalue weighted by Gasteiger charge is 2.17. The highest BCUT2D eigenvalue weighted by molar-refractivity contribution is 8.75. The van der Waals surface area contributed by atoms with Crippen molar-refractivity contribution in [2.75, 3.05) is 24.7 Å². The van der Waals surface area contributed by atoms with Crippen LogP contribution >= 0.6 is 22.0 Å². The van der Waals surface area contributed by atoms with Crippen LogP contribution in [0.2, 0.25) is 0 Å². The minimum Gasteiger partial charge on any atom is -0.304 e. The highest BCUT2D eigenvalue weighted by Crippen LogP contribution is 2.29. The standard InChI is InChI=1S/C16H16F2N4O2S2/c1-21(15(23)19-13-9-5-3-7-11(13)17)25-26-22(2)16(24)20-14-10-6-4-8-12(14)18/h3-10H,1-2H3,(H,19,23)(H,20,24). The SMILES string of the molecule is CN(SSN(C)C(=O)Nc1ccccc1F)C(=O)Nc1ccccc1F. The molecule has 0 saturated carbocycles. The van der Waals surface area contributed by atoms with Crippen LogP contribution in [-0.2, 0) is 0 Å². The molecule has 10 heteroatoms. The number of nitrogens with zero attached hydrogens (tertiary/aromatic N) is 2. The number of carbonyl (C=O) groups is 2. The maximum atomic E-state index is 13.5. The number of rotatable bonds is 5. The van der Waals surface area contributed by atoms with E-state index >= 15 is 0 Å². The van der Waals surface area contributed by atoms with Crippen LogP contribution < -0.4 is 10.6 Å². The first kappa shape index (κ1) is 19.9. The third-order valence-electron chi connectivity index (χ3n) is 3.06. The molecule has 6 nitrogen and oxygen atoms in total. The minimum atomic E-state index is -0.560. The molecular formula is C16H16F2N4O2S2. The van der Waals surface area contributed by atoms with Crippen molar-refractivity contribution in [3.8, 4) is 0 Å². The molecule has 0 fully saturated rings. The van der Waals surface area contributed by atoms with Gasteiger partial charge in [0.2, 0.25) is 0 Å². The summed E-state index contributed by atoms with van der Waals surface area (Å²) in [6.45, 7) is 0. The first-order chi connectivity index (χ1) is 12.4. The average Bonchev–Trinajstić information content (AvgIpc) is 2.63. The van der Waals surface area contributed by atoms with E-state index in [4.69, 9.17) is 0 Å². The van der Waals surface area contributed by atoms with Crippen LogP contribution in [-0.4, -0.2) is 34.8 Å². The fourth-order valence-corrected chi connectivity index (χ4v) is 3.11. The molecule has 0 aliphatic carbocycles. The van der Waals surface area contributed by atoms with Crippen molar-refractivity contribution >= 4 is 45.4 Å². The normalized spacial score (nSPS) is 10.2. The number of carbonyl (C=O) groups excluding carboxylic acids is 2. The van der Waals surface area contributed by atoms with Gasteiger partial charge in [0.25, 0.3) is 0 Å². The van der Waals surface area contributed by atoms with E-state index in [9.17, 15) is 18.4 Å². The first-order valence-corrected chi connectivity index (χ1v) is 9.38. The van der Waals surface area contributed by atoms with Crippen LogP contribution in [0.4, 0.5) is 29.7 Å². The van der Waals surface area contributed by atoms with E-state index in [1.165, 1.54) is 59.1 Å². The molecule has 138 valence electrons. The lowest BCUT2D eigenvalue weighted by atomic mass is 10.3. The molecular weight excluding hydrogens is 382 g/mol. The monoisotopic (exact) mass is 398 g/mol. The zero-order chi connectivity index (χ0) is 19.1. The van der Waals surface area contributed by atoms with Gasteiger partial charge < -0.3 is 10.6 Å². The lowest BCUT2D eigenvalue weighted by Crippen LogP contribution is -2.28. The average molecular weight is 398 g/mol. The Kier molecular flexibility index (Phi) is 7.10. The summed E-state index contributed by atoms with van der Waals surface area (Å²) in [6.07, 6.45) is 0. The summed E-state index contributed by atoms with van der Waals surface area (Å²) in [5.41, 5.74) is 0.112. The molecule has 2 N–H and O–H groups in total. The molecule has 0 saturated heterocycles. The largest absolute Gasteiger partial charge is 0.332 e. The Hall–Kier alpha value is -2.46. The first-order valence-electron chi connectivity index (χ1n) is 7.31. The summed E-state index contributed by atoms with van der Waals surface area (Å²) >= 11 is 0. The number of hydrogen-bond donors (Lipinski definition) is 2. The van der Waals surface area contributed by atoms with Crippen LogP contribution in [0.15, 0.2) is 48.5 Å². The van der Waals surface area contributed by atoms with Gasteiger partial charge in [0.1, 0.15) is 11.6 Å². The third kappa shape index (κ3) is 5.53. The zero-order valence-corrected chi connectivity index (χ0v) is 15.5. The van der Waals surface area contributed by atoms with E-state index in [1.54, 1.807) is 12.1 Å². The Bertz CT molecular complexity index is 729. The zero-order valence-electron chi connectivity index (χ0n) is 13.9. The van der Waals surface area contributed by atoms with Crippen LogP contribution in [0.1, 0.15) is 0 Å². The number of anilines is 2. The summed E-state index contributed by atoms with van der Waals surface area (Å²) in [4.78, 5) is 24.1. The Morgan fingerprint density at radius 2 is 1.12 bits per heavy atom. The van der Waals surface area contributed by atoms with E-state index in [0.717, 1.165) is 22.0 Å². The smallest absolute Gasteiger partial charge is 0.304 e. The van der Waals surface area contributed by atoms with Gasteiger partial charge in [-0.3, -0.25) is 8.61 Å². The van der Waals surface area contributed by atoms with E-state index < -0.39 is 23.7 Å². The van der Waals surface area contributed by atoms with Gasteiger partial charge in [0.05, 0.1) is 11.4 Å².